The molecule has 0 aliphatic carbocycles. The van der Waals surface area contributed by atoms with E-state index in [1.807, 2.05) is 36.4 Å². The lowest BCUT2D eigenvalue weighted by Gasteiger charge is -2.09. The van der Waals surface area contributed by atoms with Gasteiger partial charge in [-0.15, -0.1) is 0 Å². The molecule has 6 nitrogen and oxygen atoms in total. The molecule has 2 heterocycles. The van der Waals surface area contributed by atoms with E-state index in [1.54, 1.807) is 14.2 Å². The maximum atomic E-state index is 12.1. The molecule has 0 bridgehead atoms. The number of carbonyl (C=O) groups is 1. The minimum atomic E-state index is -0.152. The predicted molar refractivity (Wildman–Crippen MR) is 98.8 cm³/mol. The summed E-state index contributed by atoms with van der Waals surface area (Å²) in [5, 5.41) is 2.90. The molecule has 1 fully saturated rings. The van der Waals surface area contributed by atoms with Crippen molar-refractivity contribution in [2.24, 2.45) is 0 Å². The van der Waals surface area contributed by atoms with Crippen molar-refractivity contribution in [2.45, 2.75) is 18.8 Å². The van der Waals surface area contributed by atoms with E-state index in [2.05, 4.69) is 10.3 Å². The van der Waals surface area contributed by atoms with Gasteiger partial charge in [-0.25, -0.2) is 4.98 Å². The second kappa shape index (κ2) is 6.71. The van der Waals surface area contributed by atoms with Crippen molar-refractivity contribution in [1.82, 2.24) is 15.3 Å². The van der Waals surface area contributed by atoms with E-state index in [9.17, 15) is 4.79 Å². The molecule has 4 rings (SSSR count). The first-order valence-corrected chi connectivity index (χ1v) is 8.65. The number of amides is 1. The van der Waals surface area contributed by atoms with Crippen LogP contribution in [0.3, 0.4) is 0 Å². The SMILES string of the molecule is COc1ccc(Cc2nc3c(C4CCNC4=O)ccc(OC)c3[nH]2)cc1. The highest BCUT2D eigenvalue weighted by Gasteiger charge is 2.29. The van der Waals surface area contributed by atoms with E-state index in [0.29, 0.717) is 13.0 Å². The molecule has 2 N–H and O–H groups in total. The maximum absolute atomic E-state index is 12.1. The number of aromatic amines is 1. The van der Waals surface area contributed by atoms with Crippen LogP contribution in [0.4, 0.5) is 0 Å². The summed E-state index contributed by atoms with van der Waals surface area (Å²) in [6.07, 6.45) is 1.46. The molecule has 1 amide bonds. The second-order valence-corrected chi connectivity index (χ2v) is 6.42. The summed E-state index contributed by atoms with van der Waals surface area (Å²) in [7, 11) is 3.29. The van der Waals surface area contributed by atoms with Gasteiger partial charge in [0.25, 0.3) is 0 Å². The molecule has 2 aromatic carbocycles. The van der Waals surface area contributed by atoms with Gasteiger partial charge < -0.3 is 19.8 Å². The molecule has 1 saturated heterocycles. The van der Waals surface area contributed by atoms with Gasteiger partial charge in [0, 0.05) is 13.0 Å². The topological polar surface area (TPSA) is 76.2 Å². The molecule has 26 heavy (non-hydrogen) atoms. The third-order valence-corrected chi connectivity index (χ3v) is 4.86. The Labute approximate surface area is 151 Å². The summed E-state index contributed by atoms with van der Waals surface area (Å²) in [6.45, 7) is 0.708. The number of nitrogens with zero attached hydrogens (tertiary/aromatic N) is 1. The molecule has 1 aliphatic heterocycles. The van der Waals surface area contributed by atoms with Crippen molar-refractivity contribution < 1.29 is 14.3 Å². The summed E-state index contributed by atoms with van der Waals surface area (Å²) < 4.78 is 10.7. The van der Waals surface area contributed by atoms with Crippen molar-refractivity contribution in [3.05, 3.63) is 53.3 Å². The Kier molecular flexibility index (Phi) is 4.24. The molecule has 1 atom stereocenters. The molecule has 0 saturated carbocycles. The van der Waals surface area contributed by atoms with Crippen molar-refractivity contribution in [1.29, 1.82) is 0 Å². The number of methoxy groups -OCH3 is 2. The quantitative estimate of drug-likeness (QED) is 0.741. The first-order chi connectivity index (χ1) is 12.7. The molecular weight excluding hydrogens is 330 g/mol. The molecule has 6 heteroatoms. The standard InChI is InChI=1S/C20H21N3O3/c1-25-13-5-3-12(4-6-13)11-17-22-18-14(15-9-10-21-20(15)24)7-8-16(26-2)19(18)23-17/h3-8,15H,9-11H2,1-2H3,(H,21,24)(H,22,23). The number of H-pyrrole nitrogens is 1. The smallest absolute Gasteiger partial charge is 0.227 e. The van der Waals surface area contributed by atoms with E-state index < -0.39 is 0 Å². The number of aromatic nitrogens is 2. The van der Waals surface area contributed by atoms with Gasteiger partial charge >= 0.3 is 0 Å². The first-order valence-electron chi connectivity index (χ1n) is 8.65. The zero-order valence-electron chi connectivity index (χ0n) is 14.8. The first kappa shape index (κ1) is 16.4. The van der Waals surface area contributed by atoms with Crippen LogP contribution in [0.1, 0.15) is 29.3 Å². The van der Waals surface area contributed by atoms with Crippen LogP contribution in [0.2, 0.25) is 0 Å². The molecule has 1 aromatic heterocycles. The zero-order chi connectivity index (χ0) is 18.1. The van der Waals surface area contributed by atoms with Gasteiger partial charge in [0.1, 0.15) is 22.8 Å². The molecule has 0 spiro atoms. The van der Waals surface area contributed by atoms with E-state index in [0.717, 1.165) is 45.9 Å². The van der Waals surface area contributed by atoms with Gasteiger partial charge in [-0.3, -0.25) is 4.79 Å². The highest BCUT2D eigenvalue weighted by molar-refractivity contribution is 5.93. The lowest BCUT2D eigenvalue weighted by Crippen LogP contribution is -2.18. The van der Waals surface area contributed by atoms with Crippen LogP contribution < -0.4 is 14.8 Å². The van der Waals surface area contributed by atoms with Gasteiger partial charge in [-0.2, -0.15) is 0 Å². The third kappa shape index (κ3) is 2.87. The lowest BCUT2D eigenvalue weighted by molar-refractivity contribution is -0.120. The highest BCUT2D eigenvalue weighted by Crippen LogP contribution is 2.34. The number of imidazole rings is 1. The Morgan fingerprint density at radius 1 is 1.12 bits per heavy atom. The normalized spacial score (nSPS) is 16.7. The summed E-state index contributed by atoms with van der Waals surface area (Å²) in [5.74, 6) is 2.32. The number of benzene rings is 2. The Balaban J connectivity index is 1.73. The fraction of sp³-hybridized carbons (Fsp3) is 0.300. The van der Waals surface area contributed by atoms with Gasteiger partial charge in [0.15, 0.2) is 0 Å². The Morgan fingerprint density at radius 2 is 1.92 bits per heavy atom. The number of carbonyl (C=O) groups excluding carboxylic acids is 1. The largest absolute Gasteiger partial charge is 0.497 e. The lowest BCUT2D eigenvalue weighted by atomic mass is 9.96. The van der Waals surface area contributed by atoms with E-state index in [4.69, 9.17) is 14.5 Å². The Morgan fingerprint density at radius 3 is 2.58 bits per heavy atom. The number of ether oxygens (including phenoxy) is 2. The van der Waals surface area contributed by atoms with Crippen LogP contribution in [0.15, 0.2) is 36.4 Å². The summed E-state index contributed by atoms with van der Waals surface area (Å²) in [5.41, 5.74) is 3.74. The molecule has 1 unspecified atom stereocenters. The highest BCUT2D eigenvalue weighted by atomic mass is 16.5. The van der Waals surface area contributed by atoms with Crippen molar-refractivity contribution in [3.63, 3.8) is 0 Å². The Hall–Kier alpha value is -3.02. The molecule has 1 aliphatic rings. The average molecular weight is 351 g/mol. The Bertz CT molecular complexity index is 947. The number of fused-ring (bicyclic) bond motifs is 1. The monoisotopic (exact) mass is 351 g/mol. The maximum Gasteiger partial charge on any atom is 0.227 e. The minimum absolute atomic E-state index is 0.0659. The van der Waals surface area contributed by atoms with Crippen LogP contribution in [-0.4, -0.2) is 36.6 Å². The summed E-state index contributed by atoms with van der Waals surface area (Å²) >= 11 is 0. The molecular formula is C20H21N3O3. The average Bonchev–Trinajstić information content (AvgIpc) is 3.27. The fourth-order valence-corrected chi connectivity index (χ4v) is 3.50. The molecule has 134 valence electrons. The predicted octanol–water partition coefficient (Wildman–Crippen LogP) is 2.77. The molecule has 0 radical (unpaired) electrons. The van der Waals surface area contributed by atoms with Crippen LogP contribution in [0, 0.1) is 0 Å². The zero-order valence-corrected chi connectivity index (χ0v) is 14.8. The third-order valence-electron chi connectivity index (χ3n) is 4.86. The van der Waals surface area contributed by atoms with Crippen LogP contribution >= 0.6 is 0 Å². The second-order valence-electron chi connectivity index (χ2n) is 6.42. The summed E-state index contributed by atoms with van der Waals surface area (Å²) in [4.78, 5) is 20.3. The van der Waals surface area contributed by atoms with E-state index in [1.165, 1.54) is 0 Å². The van der Waals surface area contributed by atoms with E-state index >= 15 is 0 Å². The van der Waals surface area contributed by atoms with Gasteiger partial charge in [-0.1, -0.05) is 18.2 Å². The van der Waals surface area contributed by atoms with Crippen molar-refractivity contribution in [2.75, 3.05) is 20.8 Å². The van der Waals surface area contributed by atoms with Crippen LogP contribution in [-0.2, 0) is 11.2 Å². The number of nitrogens with one attached hydrogen (secondary N) is 2. The minimum Gasteiger partial charge on any atom is -0.497 e. The van der Waals surface area contributed by atoms with Crippen LogP contribution in [0.5, 0.6) is 11.5 Å². The molecule has 3 aromatic rings. The number of hydrogen-bond donors (Lipinski definition) is 2. The summed E-state index contributed by atoms with van der Waals surface area (Å²) in [6, 6.07) is 11.8. The van der Waals surface area contributed by atoms with Gasteiger partial charge in [-0.05, 0) is 35.7 Å². The van der Waals surface area contributed by atoms with E-state index in [-0.39, 0.29) is 11.8 Å². The fourth-order valence-electron chi connectivity index (χ4n) is 3.50. The van der Waals surface area contributed by atoms with Crippen molar-refractivity contribution >= 4 is 16.9 Å². The van der Waals surface area contributed by atoms with Gasteiger partial charge in [0.2, 0.25) is 5.91 Å². The van der Waals surface area contributed by atoms with Gasteiger partial charge in [0.05, 0.1) is 25.7 Å². The van der Waals surface area contributed by atoms with Crippen molar-refractivity contribution in [3.8, 4) is 11.5 Å². The number of hydrogen-bond acceptors (Lipinski definition) is 4. The number of rotatable bonds is 5. The van der Waals surface area contributed by atoms with Crippen LogP contribution in [0.25, 0.3) is 11.0 Å².